The van der Waals surface area contributed by atoms with Crippen LogP contribution < -0.4 is 15.4 Å². The second kappa shape index (κ2) is 8.99. The van der Waals surface area contributed by atoms with E-state index in [2.05, 4.69) is 38.6 Å². The van der Waals surface area contributed by atoms with E-state index in [1.54, 1.807) is 19.5 Å². The van der Waals surface area contributed by atoms with E-state index in [0.29, 0.717) is 23.2 Å². The van der Waals surface area contributed by atoms with Crippen LogP contribution in [-0.2, 0) is 13.0 Å². The number of likely N-dealkylation sites (N-methyl/N-ethyl adjacent to an activating group) is 1. The molecule has 164 valence electrons. The normalized spacial score (nSPS) is 15.0. The molecule has 0 fully saturated rings. The van der Waals surface area contributed by atoms with Crippen molar-refractivity contribution in [2.24, 2.45) is 5.92 Å². The van der Waals surface area contributed by atoms with Gasteiger partial charge in [0, 0.05) is 37.3 Å². The summed E-state index contributed by atoms with van der Waals surface area (Å²) in [5.41, 5.74) is 3.65. The summed E-state index contributed by atoms with van der Waals surface area (Å²) in [4.78, 5) is 20.6. The first-order valence-corrected chi connectivity index (χ1v) is 10.5. The van der Waals surface area contributed by atoms with Gasteiger partial charge in [-0.2, -0.15) is 0 Å². The number of ether oxygens (including phenoxy) is 1. The molecule has 3 aromatic heterocycles. The second-order valence-corrected chi connectivity index (χ2v) is 8.23. The van der Waals surface area contributed by atoms with Crippen molar-refractivity contribution in [1.29, 1.82) is 0 Å². The summed E-state index contributed by atoms with van der Waals surface area (Å²) in [5.74, 6) is 1.81. The maximum Gasteiger partial charge on any atom is 0.237 e. The van der Waals surface area contributed by atoms with Crippen molar-refractivity contribution in [1.82, 2.24) is 24.8 Å². The number of nitrogens with one attached hydrogen (secondary N) is 2. The Balaban J connectivity index is 1.68. The molecule has 0 bridgehead atoms. The highest BCUT2D eigenvalue weighted by molar-refractivity contribution is 5.88. The summed E-state index contributed by atoms with van der Waals surface area (Å²) in [6, 6.07) is 3.81. The third-order valence-corrected chi connectivity index (χ3v) is 5.59. The van der Waals surface area contributed by atoms with Crippen LogP contribution in [0.3, 0.4) is 0 Å². The summed E-state index contributed by atoms with van der Waals surface area (Å²) < 4.78 is 5.52. The Hall–Kier alpha value is -3.04. The lowest BCUT2D eigenvalue weighted by molar-refractivity contribution is 0.249. The molecule has 9 nitrogen and oxygen atoms in total. The first kappa shape index (κ1) is 21.2. The van der Waals surface area contributed by atoms with Gasteiger partial charge in [0.25, 0.3) is 0 Å². The molecule has 1 aliphatic heterocycles. The lowest BCUT2D eigenvalue weighted by atomic mass is 10.1. The van der Waals surface area contributed by atoms with Crippen molar-refractivity contribution in [2.45, 2.75) is 32.9 Å². The van der Waals surface area contributed by atoms with Crippen LogP contribution in [0.5, 0.6) is 5.88 Å². The summed E-state index contributed by atoms with van der Waals surface area (Å²) in [5, 5.41) is 17.1. The number of aliphatic hydroxyl groups excluding tert-OH is 1. The van der Waals surface area contributed by atoms with Gasteiger partial charge in [0.1, 0.15) is 11.2 Å². The van der Waals surface area contributed by atoms with Gasteiger partial charge in [0.2, 0.25) is 11.8 Å². The van der Waals surface area contributed by atoms with Crippen LogP contribution in [-0.4, -0.2) is 63.3 Å². The Morgan fingerprint density at radius 1 is 1.26 bits per heavy atom. The molecule has 1 aliphatic rings. The molecule has 4 rings (SSSR count). The Bertz CT molecular complexity index is 1070. The summed E-state index contributed by atoms with van der Waals surface area (Å²) in [7, 11) is 3.72. The largest absolute Gasteiger partial charge is 0.480 e. The lowest BCUT2D eigenvalue weighted by Crippen LogP contribution is -2.30. The molecule has 0 saturated carbocycles. The number of methoxy groups -OCH3 is 1. The number of aliphatic hydroxyl groups is 1. The molecule has 0 amide bonds. The monoisotopic (exact) mass is 423 g/mol. The zero-order valence-electron chi connectivity index (χ0n) is 18.4. The standard InChI is InChI=1S/C22H29N7O2/c1-13(2)18(12-30)25-20-19-14(5-7-23-20)10-24-22(28-19)27-17-9-15-11-29(3)8-6-16(15)26-21(17)31-4/h5,7,9-10,13,18,30H,6,8,11-12H2,1-4H3,(H,23,25)(H,24,27,28)/t18-/m0/s1. The van der Waals surface area contributed by atoms with Crippen molar-refractivity contribution in [3.63, 3.8) is 0 Å². The third kappa shape index (κ3) is 4.52. The van der Waals surface area contributed by atoms with Gasteiger partial charge in [-0.3, -0.25) is 0 Å². The fourth-order valence-corrected chi connectivity index (χ4v) is 3.68. The van der Waals surface area contributed by atoms with E-state index >= 15 is 0 Å². The van der Waals surface area contributed by atoms with Gasteiger partial charge >= 0.3 is 0 Å². The summed E-state index contributed by atoms with van der Waals surface area (Å²) in [6.45, 7) is 5.94. The highest BCUT2D eigenvalue weighted by Crippen LogP contribution is 2.30. The quantitative estimate of drug-likeness (QED) is 0.528. The zero-order valence-corrected chi connectivity index (χ0v) is 18.4. The number of fused-ring (bicyclic) bond motifs is 2. The van der Waals surface area contributed by atoms with Crippen LogP contribution in [0, 0.1) is 5.92 Å². The molecule has 3 N–H and O–H groups in total. The molecule has 0 unspecified atom stereocenters. The van der Waals surface area contributed by atoms with E-state index < -0.39 is 0 Å². The zero-order chi connectivity index (χ0) is 22.0. The lowest BCUT2D eigenvalue weighted by Gasteiger charge is -2.25. The Morgan fingerprint density at radius 2 is 2.10 bits per heavy atom. The van der Waals surface area contributed by atoms with Crippen molar-refractivity contribution in [3.8, 4) is 5.88 Å². The number of anilines is 3. The summed E-state index contributed by atoms with van der Waals surface area (Å²) >= 11 is 0. The smallest absolute Gasteiger partial charge is 0.237 e. The minimum Gasteiger partial charge on any atom is -0.480 e. The van der Waals surface area contributed by atoms with Gasteiger partial charge in [-0.05, 0) is 30.7 Å². The third-order valence-electron chi connectivity index (χ3n) is 5.59. The SMILES string of the molecule is COc1nc2c(cc1Nc1ncc3ccnc(N[C@@H](CO)C(C)C)c3n1)CN(C)CC2. The molecule has 0 radical (unpaired) electrons. The van der Waals surface area contributed by atoms with E-state index in [1.807, 2.05) is 19.9 Å². The maximum atomic E-state index is 9.69. The minimum absolute atomic E-state index is 0.0123. The maximum absolute atomic E-state index is 9.69. The summed E-state index contributed by atoms with van der Waals surface area (Å²) in [6.07, 6.45) is 4.37. The molecule has 9 heteroatoms. The average molecular weight is 424 g/mol. The van der Waals surface area contributed by atoms with Crippen molar-refractivity contribution in [3.05, 3.63) is 35.8 Å². The fourth-order valence-electron chi connectivity index (χ4n) is 3.68. The number of hydrogen-bond acceptors (Lipinski definition) is 9. The minimum atomic E-state index is -0.119. The van der Waals surface area contributed by atoms with Gasteiger partial charge < -0.3 is 25.4 Å². The topological polar surface area (TPSA) is 108 Å². The van der Waals surface area contributed by atoms with Gasteiger partial charge in [0.05, 0.1) is 25.5 Å². The molecule has 0 spiro atoms. The predicted molar refractivity (Wildman–Crippen MR) is 121 cm³/mol. The van der Waals surface area contributed by atoms with E-state index in [9.17, 15) is 5.11 Å². The molecule has 1 atom stereocenters. The molecule has 0 saturated heterocycles. The molecule has 4 heterocycles. The van der Waals surface area contributed by atoms with Crippen LogP contribution in [0.4, 0.5) is 17.5 Å². The van der Waals surface area contributed by atoms with Crippen LogP contribution in [0.25, 0.3) is 10.9 Å². The number of aromatic nitrogens is 4. The van der Waals surface area contributed by atoms with E-state index in [-0.39, 0.29) is 18.6 Å². The van der Waals surface area contributed by atoms with E-state index in [1.165, 1.54) is 5.56 Å². The van der Waals surface area contributed by atoms with Crippen molar-refractivity contribution >= 4 is 28.4 Å². The molecule has 3 aromatic rings. The Labute approximate surface area is 181 Å². The molecule has 31 heavy (non-hydrogen) atoms. The number of pyridine rings is 2. The van der Waals surface area contributed by atoms with Gasteiger partial charge in [-0.1, -0.05) is 13.8 Å². The highest BCUT2D eigenvalue weighted by Gasteiger charge is 2.19. The van der Waals surface area contributed by atoms with Gasteiger partial charge in [-0.15, -0.1) is 0 Å². The van der Waals surface area contributed by atoms with Gasteiger partial charge in [-0.25, -0.2) is 19.9 Å². The highest BCUT2D eigenvalue weighted by atomic mass is 16.5. The first-order chi connectivity index (χ1) is 15.0. The Kier molecular flexibility index (Phi) is 6.15. The number of hydrogen-bond donors (Lipinski definition) is 3. The molecule has 0 aromatic carbocycles. The van der Waals surface area contributed by atoms with E-state index in [0.717, 1.165) is 36.3 Å². The van der Waals surface area contributed by atoms with E-state index in [4.69, 9.17) is 14.7 Å². The van der Waals surface area contributed by atoms with Gasteiger partial charge in [0.15, 0.2) is 5.82 Å². The van der Waals surface area contributed by atoms with Crippen LogP contribution in [0.2, 0.25) is 0 Å². The molecular weight excluding hydrogens is 394 g/mol. The fraction of sp³-hybridized carbons (Fsp3) is 0.455. The molecule has 0 aliphatic carbocycles. The van der Waals surface area contributed by atoms with Crippen LogP contribution >= 0.6 is 0 Å². The first-order valence-electron chi connectivity index (χ1n) is 10.5. The average Bonchev–Trinajstić information content (AvgIpc) is 2.76. The van der Waals surface area contributed by atoms with Crippen molar-refractivity contribution in [2.75, 3.05) is 37.9 Å². The molecular formula is C22H29N7O2. The van der Waals surface area contributed by atoms with Crippen molar-refractivity contribution < 1.29 is 9.84 Å². The van der Waals surface area contributed by atoms with Crippen LogP contribution in [0.1, 0.15) is 25.1 Å². The number of nitrogens with zero attached hydrogens (tertiary/aromatic N) is 5. The number of rotatable bonds is 7. The van der Waals surface area contributed by atoms with Crippen LogP contribution in [0.15, 0.2) is 24.5 Å². The Morgan fingerprint density at radius 3 is 2.84 bits per heavy atom. The second-order valence-electron chi connectivity index (χ2n) is 8.23. The predicted octanol–water partition coefficient (Wildman–Crippen LogP) is 2.59.